The second-order valence-corrected chi connectivity index (χ2v) is 4.37. The molecule has 1 rings (SSSR count). The normalized spacial score (nSPS) is 12.3. The standard InChI is InChI=1S/C13H18N2S/c1-5-12(8-14-4)7-6-10(2)13-11(3)15-9-16-13/h5-7,9,14H,2,8H2,1,3-4H3/b7-6-,12-5+. The van der Waals surface area contributed by atoms with Gasteiger partial charge in [0.1, 0.15) is 0 Å². The Morgan fingerprint density at radius 3 is 2.81 bits per heavy atom. The maximum atomic E-state index is 4.22. The molecular formula is C13H18N2S. The molecule has 86 valence electrons. The van der Waals surface area contributed by atoms with Crippen LogP contribution in [0.1, 0.15) is 17.5 Å². The fraction of sp³-hybridized carbons (Fsp3) is 0.308. The number of nitrogens with zero attached hydrogens (tertiary/aromatic N) is 1. The van der Waals surface area contributed by atoms with Gasteiger partial charge in [0.2, 0.25) is 0 Å². The maximum Gasteiger partial charge on any atom is 0.0801 e. The van der Waals surface area contributed by atoms with Crippen LogP contribution in [0.5, 0.6) is 0 Å². The van der Waals surface area contributed by atoms with Gasteiger partial charge in [-0.05, 0) is 32.0 Å². The van der Waals surface area contributed by atoms with Crippen LogP contribution in [-0.2, 0) is 0 Å². The summed E-state index contributed by atoms with van der Waals surface area (Å²) in [5.74, 6) is 0. The molecule has 2 nitrogen and oxygen atoms in total. The lowest BCUT2D eigenvalue weighted by Crippen LogP contribution is -2.08. The molecule has 1 heterocycles. The first kappa shape index (κ1) is 12.9. The van der Waals surface area contributed by atoms with Crippen molar-refractivity contribution in [2.45, 2.75) is 13.8 Å². The van der Waals surface area contributed by atoms with E-state index in [1.165, 1.54) is 5.57 Å². The number of thiazole rings is 1. The summed E-state index contributed by atoms with van der Waals surface area (Å²) in [5, 5.41) is 3.13. The average molecular weight is 234 g/mol. The molecule has 0 spiro atoms. The van der Waals surface area contributed by atoms with E-state index in [0.717, 1.165) is 22.7 Å². The highest BCUT2D eigenvalue weighted by Crippen LogP contribution is 2.22. The lowest BCUT2D eigenvalue weighted by Gasteiger charge is -2.00. The predicted molar refractivity (Wildman–Crippen MR) is 72.7 cm³/mol. The van der Waals surface area contributed by atoms with E-state index in [9.17, 15) is 0 Å². The number of allylic oxidation sites excluding steroid dienone is 3. The molecule has 0 fully saturated rings. The quantitative estimate of drug-likeness (QED) is 0.791. The molecule has 0 aromatic carbocycles. The van der Waals surface area contributed by atoms with Crippen LogP contribution in [-0.4, -0.2) is 18.6 Å². The molecule has 0 bridgehead atoms. The molecule has 0 amide bonds. The number of aryl methyl sites for hydroxylation is 1. The molecule has 0 atom stereocenters. The monoisotopic (exact) mass is 234 g/mol. The number of nitrogens with one attached hydrogen (secondary N) is 1. The Kier molecular flexibility index (Phi) is 5.15. The number of likely N-dealkylation sites (N-methyl/N-ethyl adjacent to an activating group) is 1. The molecule has 0 aliphatic carbocycles. The average Bonchev–Trinajstić information content (AvgIpc) is 2.70. The summed E-state index contributed by atoms with van der Waals surface area (Å²) in [5.41, 5.74) is 5.19. The van der Waals surface area contributed by atoms with Crippen molar-refractivity contribution in [3.05, 3.63) is 46.5 Å². The van der Waals surface area contributed by atoms with Crippen LogP contribution in [0.3, 0.4) is 0 Å². The van der Waals surface area contributed by atoms with Crippen molar-refractivity contribution in [2.75, 3.05) is 13.6 Å². The smallest absolute Gasteiger partial charge is 0.0801 e. The molecular weight excluding hydrogens is 216 g/mol. The van der Waals surface area contributed by atoms with E-state index in [-0.39, 0.29) is 0 Å². The van der Waals surface area contributed by atoms with Gasteiger partial charge in [0.05, 0.1) is 16.1 Å². The highest BCUT2D eigenvalue weighted by atomic mass is 32.1. The zero-order valence-electron chi connectivity index (χ0n) is 10.1. The van der Waals surface area contributed by atoms with Crippen LogP contribution < -0.4 is 5.32 Å². The van der Waals surface area contributed by atoms with Gasteiger partial charge in [0.25, 0.3) is 0 Å². The van der Waals surface area contributed by atoms with E-state index in [4.69, 9.17) is 0 Å². The Morgan fingerprint density at radius 2 is 2.31 bits per heavy atom. The molecule has 1 aromatic heterocycles. The fourth-order valence-corrected chi connectivity index (χ4v) is 2.11. The molecule has 0 aliphatic rings. The predicted octanol–water partition coefficient (Wildman–Crippen LogP) is 3.19. The topological polar surface area (TPSA) is 24.9 Å². The first-order valence-corrected chi connectivity index (χ1v) is 6.14. The molecule has 0 saturated heterocycles. The number of aromatic nitrogens is 1. The first-order valence-electron chi connectivity index (χ1n) is 5.26. The lowest BCUT2D eigenvalue weighted by molar-refractivity contribution is 0.894. The van der Waals surface area contributed by atoms with Gasteiger partial charge >= 0.3 is 0 Å². The zero-order chi connectivity index (χ0) is 12.0. The van der Waals surface area contributed by atoms with E-state index in [1.807, 2.05) is 32.5 Å². The van der Waals surface area contributed by atoms with Gasteiger partial charge in [-0.1, -0.05) is 24.8 Å². The third-order valence-corrected chi connectivity index (χ3v) is 3.29. The first-order chi connectivity index (χ1) is 7.69. The summed E-state index contributed by atoms with van der Waals surface area (Å²) in [6.45, 7) is 8.99. The fourth-order valence-electron chi connectivity index (χ4n) is 1.35. The number of hydrogen-bond acceptors (Lipinski definition) is 3. The summed E-state index contributed by atoms with van der Waals surface area (Å²) in [6.07, 6.45) is 6.24. The highest BCUT2D eigenvalue weighted by molar-refractivity contribution is 7.11. The Morgan fingerprint density at radius 1 is 1.56 bits per heavy atom. The van der Waals surface area contributed by atoms with Crippen LogP contribution in [0, 0.1) is 6.92 Å². The van der Waals surface area contributed by atoms with Crippen molar-refractivity contribution in [1.29, 1.82) is 0 Å². The Bertz CT molecular complexity index is 413. The van der Waals surface area contributed by atoms with E-state index in [0.29, 0.717) is 0 Å². The van der Waals surface area contributed by atoms with Crippen molar-refractivity contribution in [1.82, 2.24) is 10.3 Å². The van der Waals surface area contributed by atoms with E-state index < -0.39 is 0 Å². The molecule has 0 saturated carbocycles. The Hall–Kier alpha value is -1.19. The van der Waals surface area contributed by atoms with Gasteiger partial charge in [-0.15, -0.1) is 11.3 Å². The zero-order valence-corrected chi connectivity index (χ0v) is 10.9. The number of rotatable bonds is 5. The number of hydrogen-bond donors (Lipinski definition) is 1. The SMILES string of the molecule is C=C(/C=C\C(=C/C)CNC)c1scnc1C. The summed E-state index contributed by atoms with van der Waals surface area (Å²) < 4.78 is 0. The van der Waals surface area contributed by atoms with Crippen LogP contribution >= 0.6 is 11.3 Å². The van der Waals surface area contributed by atoms with Gasteiger partial charge in [-0.25, -0.2) is 4.98 Å². The van der Waals surface area contributed by atoms with E-state index in [2.05, 4.69) is 29.0 Å². The minimum atomic E-state index is 0.877. The van der Waals surface area contributed by atoms with E-state index in [1.54, 1.807) is 11.3 Å². The second-order valence-electron chi connectivity index (χ2n) is 3.52. The lowest BCUT2D eigenvalue weighted by atomic mass is 10.1. The Balaban J connectivity index is 2.71. The summed E-state index contributed by atoms with van der Waals surface area (Å²) in [6, 6.07) is 0. The van der Waals surface area contributed by atoms with Crippen LogP contribution in [0.4, 0.5) is 0 Å². The molecule has 0 aliphatic heterocycles. The van der Waals surface area contributed by atoms with Gasteiger partial charge in [-0.3, -0.25) is 0 Å². The summed E-state index contributed by atoms with van der Waals surface area (Å²) in [7, 11) is 1.94. The van der Waals surface area contributed by atoms with Crippen molar-refractivity contribution in [3.63, 3.8) is 0 Å². The van der Waals surface area contributed by atoms with Crippen molar-refractivity contribution in [3.8, 4) is 0 Å². The minimum absolute atomic E-state index is 0.877. The molecule has 1 N–H and O–H groups in total. The minimum Gasteiger partial charge on any atom is -0.316 e. The van der Waals surface area contributed by atoms with Crippen molar-refractivity contribution < 1.29 is 0 Å². The third-order valence-electron chi connectivity index (χ3n) is 2.29. The van der Waals surface area contributed by atoms with Gasteiger partial charge in [0, 0.05) is 6.54 Å². The molecule has 0 unspecified atom stereocenters. The van der Waals surface area contributed by atoms with Gasteiger partial charge < -0.3 is 5.32 Å². The molecule has 3 heteroatoms. The van der Waals surface area contributed by atoms with Crippen molar-refractivity contribution >= 4 is 16.9 Å². The summed E-state index contributed by atoms with van der Waals surface area (Å²) in [4.78, 5) is 5.38. The van der Waals surface area contributed by atoms with Gasteiger partial charge in [-0.2, -0.15) is 0 Å². The summed E-state index contributed by atoms with van der Waals surface area (Å²) >= 11 is 1.63. The van der Waals surface area contributed by atoms with Crippen LogP contribution in [0.25, 0.3) is 5.57 Å². The van der Waals surface area contributed by atoms with Crippen molar-refractivity contribution in [2.24, 2.45) is 0 Å². The van der Waals surface area contributed by atoms with Crippen LogP contribution in [0.15, 0.2) is 35.9 Å². The third kappa shape index (κ3) is 3.43. The highest BCUT2D eigenvalue weighted by Gasteiger charge is 2.02. The Labute approximate surface area is 101 Å². The molecule has 1 aromatic rings. The second kappa shape index (κ2) is 6.40. The van der Waals surface area contributed by atoms with Gasteiger partial charge in [0.15, 0.2) is 0 Å². The molecule has 0 radical (unpaired) electrons. The van der Waals surface area contributed by atoms with Crippen LogP contribution in [0.2, 0.25) is 0 Å². The maximum absolute atomic E-state index is 4.22. The molecule has 16 heavy (non-hydrogen) atoms. The largest absolute Gasteiger partial charge is 0.316 e. The van der Waals surface area contributed by atoms with E-state index >= 15 is 0 Å².